The first-order chi connectivity index (χ1) is 10.0. The highest BCUT2D eigenvalue weighted by molar-refractivity contribution is 5.94. The zero-order valence-corrected chi connectivity index (χ0v) is 12.0. The first-order valence-electron chi connectivity index (χ1n) is 6.84. The Bertz CT molecular complexity index is 472. The van der Waals surface area contributed by atoms with Crippen LogP contribution in [0.25, 0.3) is 0 Å². The number of carbonyl (C=O) groups excluding carboxylic acids is 2. The minimum Gasteiger partial charge on any atom is -0.469 e. The zero-order valence-electron chi connectivity index (χ0n) is 12.0. The van der Waals surface area contributed by atoms with Crippen molar-refractivity contribution in [1.29, 1.82) is 0 Å². The van der Waals surface area contributed by atoms with E-state index in [-0.39, 0.29) is 11.5 Å². The molecule has 0 radical (unpaired) electrons. The lowest BCUT2D eigenvalue weighted by Crippen LogP contribution is -2.24. The molecular weight excluding hydrogens is 280 g/mol. The molecule has 0 aliphatic rings. The van der Waals surface area contributed by atoms with E-state index in [0.29, 0.717) is 13.0 Å². The maximum Gasteiger partial charge on any atom is 0.305 e. The standard InChI is InChI=1S/C15H19F2NO3/c1-21-14(19)6-4-2-3-5-7-18-15(20)11-8-12(16)10-13(17)9-11/h8-10H,2-7H2,1H3,(H,18,20). The van der Waals surface area contributed by atoms with Gasteiger partial charge >= 0.3 is 5.97 Å². The number of carbonyl (C=O) groups is 2. The molecule has 21 heavy (non-hydrogen) atoms. The normalized spacial score (nSPS) is 10.2. The fourth-order valence-electron chi connectivity index (χ4n) is 1.84. The molecule has 0 saturated heterocycles. The van der Waals surface area contributed by atoms with E-state index < -0.39 is 17.5 Å². The quantitative estimate of drug-likeness (QED) is 0.593. The van der Waals surface area contributed by atoms with Crippen LogP contribution >= 0.6 is 0 Å². The second kappa shape index (κ2) is 9.05. The first kappa shape index (κ1) is 17.1. The number of unbranched alkanes of at least 4 members (excludes halogenated alkanes) is 3. The van der Waals surface area contributed by atoms with Gasteiger partial charge in [0.25, 0.3) is 5.91 Å². The number of hydrogen-bond donors (Lipinski definition) is 1. The second-order valence-corrected chi connectivity index (χ2v) is 4.65. The fourth-order valence-corrected chi connectivity index (χ4v) is 1.84. The smallest absolute Gasteiger partial charge is 0.305 e. The SMILES string of the molecule is COC(=O)CCCCCCNC(=O)c1cc(F)cc(F)c1. The summed E-state index contributed by atoms with van der Waals surface area (Å²) in [7, 11) is 1.35. The van der Waals surface area contributed by atoms with Gasteiger partial charge in [-0.2, -0.15) is 0 Å². The van der Waals surface area contributed by atoms with E-state index in [1.165, 1.54) is 7.11 Å². The van der Waals surface area contributed by atoms with Crippen LogP contribution in [0.1, 0.15) is 42.5 Å². The average Bonchev–Trinajstić information content (AvgIpc) is 2.44. The van der Waals surface area contributed by atoms with Gasteiger partial charge in [0.05, 0.1) is 7.11 Å². The Morgan fingerprint density at radius 1 is 1.05 bits per heavy atom. The van der Waals surface area contributed by atoms with Crippen LogP contribution in [0, 0.1) is 11.6 Å². The van der Waals surface area contributed by atoms with Crippen molar-refractivity contribution in [3.63, 3.8) is 0 Å². The molecule has 0 aromatic heterocycles. The summed E-state index contributed by atoms with van der Waals surface area (Å²) in [6.07, 6.45) is 3.60. The molecule has 4 nitrogen and oxygen atoms in total. The van der Waals surface area contributed by atoms with Crippen molar-refractivity contribution in [2.24, 2.45) is 0 Å². The van der Waals surface area contributed by atoms with Crippen molar-refractivity contribution in [3.8, 4) is 0 Å². The highest BCUT2D eigenvalue weighted by atomic mass is 19.1. The molecule has 0 unspecified atom stereocenters. The van der Waals surface area contributed by atoms with E-state index in [2.05, 4.69) is 10.1 Å². The predicted octanol–water partition coefficient (Wildman–Crippen LogP) is 2.82. The van der Waals surface area contributed by atoms with Gasteiger partial charge in [-0.25, -0.2) is 8.78 Å². The molecule has 1 rings (SSSR count). The summed E-state index contributed by atoms with van der Waals surface area (Å²) >= 11 is 0. The van der Waals surface area contributed by atoms with Crippen LogP contribution in [-0.2, 0) is 9.53 Å². The van der Waals surface area contributed by atoms with Gasteiger partial charge in [-0.1, -0.05) is 12.8 Å². The van der Waals surface area contributed by atoms with Crippen LogP contribution in [0.15, 0.2) is 18.2 Å². The second-order valence-electron chi connectivity index (χ2n) is 4.65. The molecule has 0 aliphatic carbocycles. The summed E-state index contributed by atoms with van der Waals surface area (Å²) in [6.45, 7) is 0.426. The number of amides is 1. The van der Waals surface area contributed by atoms with Gasteiger partial charge in [0.2, 0.25) is 0 Å². The molecule has 1 N–H and O–H groups in total. The monoisotopic (exact) mass is 299 g/mol. The summed E-state index contributed by atoms with van der Waals surface area (Å²) < 4.78 is 30.4. The highest BCUT2D eigenvalue weighted by Gasteiger charge is 2.08. The third-order valence-corrected chi connectivity index (χ3v) is 2.95. The topological polar surface area (TPSA) is 55.4 Å². The maximum atomic E-state index is 13.0. The molecule has 0 saturated carbocycles. The van der Waals surface area contributed by atoms with Gasteiger partial charge in [-0.15, -0.1) is 0 Å². The van der Waals surface area contributed by atoms with Gasteiger partial charge in [-0.05, 0) is 25.0 Å². The van der Waals surface area contributed by atoms with E-state index in [4.69, 9.17) is 0 Å². The Morgan fingerprint density at radius 2 is 1.67 bits per heavy atom. The number of esters is 1. The Balaban J connectivity index is 2.18. The molecule has 0 heterocycles. The van der Waals surface area contributed by atoms with Crippen LogP contribution in [0.2, 0.25) is 0 Å². The number of rotatable bonds is 8. The molecule has 0 fully saturated rings. The summed E-state index contributed by atoms with van der Waals surface area (Å²) in [5.74, 6) is -2.27. The van der Waals surface area contributed by atoms with Crippen LogP contribution < -0.4 is 5.32 Å². The number of ether oxygens (including phenoxy) is 1. The first-order valence-corrected chi connectivity index (χ1v) is 6.84. The van der Waals surface area contributed by atoms with E-state index in [1.807, 2.05) is 0 Å². The van der Waals surface area contributed by atoms with Crippen molar-refractivity contribution < 1.29 is 23.1 Å². The summed E-state index contributed by atoms with van der Waals surface area (Å²) in [6, 6.07) is 2.71. The largest absolute Gasteiger partial charge is 0.469 e. The Kier molecular flexibility index (Phi) is 7.36. The van der Waals surface area contributed by atoms with Crippen LogP contribution in [-0.4, -0.2) is 25.5 Å². The van der Waals surface area contributed by atoms with Crippen molar-refractivity contribution in [1.82, 2.24) is 5.32 Å². The Hall–Kier alpha value is -1.98. The molecule has 1 aromatic rings. The Labute approximate surface area is 122 Å². The Morgan fingerprint density at radius 3 is 2.29 bits per heavy atom. The number of hydrogen-bond acceptors (Lipinski definition) is 3. The number of halogens is 2. The van der Waals surface area contributed by atoms with E-state index in [9.17, 15) is 18.4 Å². The molecule has 116 valence electrons. The number of methoxy groups -OCH3 is 1. The molecule has 0 atom stereocenters. The molecule has 0 spiro atoms. The third-order valence-electron chi connectivity index (χ3n) is 2.95. The van der Waals surface area contributed by atoms with Gasteiger partial charge in [-0.3, -0.25) is 9.59 Å². The summed E-state index contributed by atoms with van der Waals surface area (Å²) in [5.41, 5.74) is -0.0295. The van der Waals surface area contributed by atoms with Crippen molar-refractivity contribution in [3.05, 3.63) is 35.4 Å². The van der Waals surface area contributed by atoms with Crippen LogP contribution in [0.4, 0.5) is 8.78 Å². The average molecular weight is 299 g/mol. The lowest BCUT2D eigenvalue weighted by Gasteiger charge is -2.05. The van der Waals surface area contributed by atoms with E-state index in [0.717, 1.165) is 43.9 Å². The number of nitrogens with one attached hydrogen (secondary N) is 1. The molecule has 0 aliphatic heterocycles. The van der Waals surface area contributed by atoms with Crippen molar-refractivity contribution in [2.45, 2.75) is 32.1 Å². The van der Waals surface area contributed by atoms with Crippen molar-refractivity contribution in [2.75, 3.05) is 13.7 Å². The molecule has 1 aromatic carbocycles. The summed E-state index contributed by atoms with van der Waals surface area (Å²) in [5, 5.41) is 2.60. The van der Waals surface area contributed by atoms with Crippen LogP contribution in [0.5, 0.6) is 0 Å². The van der Waals surface area contributed by atoms with Gasteiger partial charge in [0.1, 0.15) is 11.6 Å². The molecular formula is C15H19F2NO3. The minimum atomic E-state index is -0.775. The van der Waals surface area contributed by atoms with E-state index >= 15 is 0 Å². The van der Waals surface area contributed by atoms with E-state index in [1.54, 1.807) is 0 Å². The molecule has 1 amide bonds. The minimum absolute atomic E-state index is 0.0295. The lowest BCUT2D eigenvalue weighted by atomic mass is 10.1. The lowest BCUT2D eigenvalue weighted by molar-refractivity contribution is -0.140. The fraction of sp³-hybridized carbons (Fsp3) is 0.467. The summed E-state index contributed by atoms with van der Waals surface area (Å²) in [4.78, 5) is 22.5. The highest BCUT2D eigenvalue weighted by Crippen LogP contribution is 2.08. The molecule has 6 heteroatoms. The zero-order chi connectivity index (χ0) is 15.7. The van der Waals surface area contributed by atoms with Gasteiger partial charge in [0, 0.05) is 24.6 Å². The van der Waals surface area contributed by atoms with Crippen molar-refractivity contribution >= 4 is 11.9 Å². The van der Waals surface area contributed by atoms with Gasteiger partial charge in [0.15, 0.2) is 0 Å². The third kappa shape index (κ3) is 6.83. The van der Waals surface area contributed by atoms with Gasteiger partial charge < -0.3 is 10.1 Å². The molecule has 0 bridgehead atoms. The number of benzene rings is 1. The predicted molar refractivity (Wildman–Crippen MR) is 73.8 cm³/mol. The maximum absolute atomic E-state index is 13.0. The van der Waals surface area contributed by atoms with Crippen LogP contribution in [0.3, 0.4) is 0 Å².